The second-order valence-electron chi connectivity index (χ2n) is 7.87. The predicted molar refractivity (Wildman–Crippen MR) is 104 cm³/mol. The van der Waals surface area contributed by atoms with Crippen LogP contribution in [0.2, 0.25) is 0 Å². The summed E-state index contributed by atoms with van der Waals surface area (Å²) in [4.78, 5) is 26.3. The molecule has 2 aromatic rings. The average molecular weight is 380 g/mol. The molecule has 28 heavy (non-hydrogen) atoms. The number of fused-ring (bicyclic) bond motifs is 2. The lowest BCUT2D eigenvalue weighted by Gasteiger charge is -2.25. The van der Waals surface area contributed by atoms with Gasteiger partial charge in [0.05, 0.1) is 5.56 Å². The van der Waals surface area contributed by atoms with Crippen LogP contribution in [0, 0.1) is 25.7 Å². The molecule has 2 fully saturated rings. The van der Waals surface area contributed by atoms with Gasteiger partial charge in [-0.05, 0) is 26.0 Å². The molecule has 3 aliphatic heterocycles. The summed E-state index contributed by atoms with van der Waals surface area (Å²) in [6.07, 6.45) is 1.64. The molecule has 3 aliphatic rings. The minimum Gasteiger partial charge on any atom is -0.486 e. The van der Waals surface area contributed by atoms with Gasteiger partial charge in [0.1, 0.15) is 25.4 Å². The van der Waals surface area contributed by atoms with Crippen molar-refractivity contribution in [3.63, 3.8) is 0 Å². The summed E-state index contributed by atoms with van der Waals surface area (Å²) >= 11 is 0. The molecule has 0 saturated carbocycles. The van der Waals surface area contributed by atoms with E-state index in [0.29, 0.717) is 42.1 Å². The van der Waals surface area contributed by atoms with Crippen molar-refractivity contribution in [3.8, 4) is 11.5 Å². The zero-order valence-corrected chi connectivity index (χ0v) is 16.2. The van der Waals surface area contributed by atoms with Gasteiger partial charge in [0.15, 0.2) is 11.5 Å². The molecule has 0 aliphatic carbocycles. The van der Waals surface area contributed by atoms with Gasteiger partial charge in [-0.3, -0.25) is 4.79 Å². The molecule has 0 bridgehead atoms. The normalized spacial score (nSPS) is 23.1. The molecular weight excluding hydrogens is 356 g/mol. The Morgan fingerprint density at radius 1 is 1.04 bits per heavy atom. The van der Waals surface area contributed by atoms with Crippen molar-refractivity contribution in [2.45, 2.75) is 13.8 Å². The lowest BCUT2D eigenvalue weighted by Crippen LogP contribution is -2.34. The second-order valence-corrected chi connectivity index (χ2v) is 7.87. The van der Waals surface area contributed by atoms with Crippen molar-refractivity contribution in [1.82, 2.24) is 14.9 Å². The quantitative estimate of drug-likeness (QED) is 0.795. The van der Waals surface area contributed by atoms with Crippen LogP contribution in [0.3, 0.4) is 0 Å². The molecule has 1 aromatic heterocycles. The highest BCUT2D eigenvalue weighted by atomic mass is 16.6. The first-order valence-electron chi connectivity index (χ1n) is 9.83. The van der Waals surface area contributed by atoms with Gasteiger partial charge < -0.3 is 19.3 Å². The molecular formula is C21H24N4O3. The predicted octanol–water partition coefficient (Wildman–Crippen LogP) is 2.07. The summed E-state index contributed by atoms with van der Waals surface area (Å²) in [6, 6.07) is 5.55. The first-order valence-corrected chi connectivity index (χ1v) is 9.83. The van der Waals surface area contributed by atoms with Crippen LogP contribution in [0.15, 0.2) is 24.5 Å². The topological polar surface area (TPSA) is 67.8 Å². The first kappa shape index (κ1) is 17.3. The third-order valence-corrected chi connectivity index (χ3v) is 6.18. The fourth-order valence-electron chi connectivity index (χ4n) is 4.59. The van der Waals surface area contributed by atoms with Crippen molar-refractivity contribution in [3.05, 3.63) is 41.3 Å². The summed E-state index contributed by atoms with van der Waals surface area (Å²) in [5.74, 6) is 3.26. The van der Waals surface area contributed by atoms with Crippen molar-refractivity contribution >= 4 is 11.7 Å². The van der Waals surface area contributed by atoms with Gasteiger partial charge in [-0.2, -0.15) is 0 Å². The Labute approximate surface area is 164 Å². The number of benzene rings is 1. The Kier molecular flexibility index (Phi) is 4.10. The minimum absolute atomic E-state index is 0.0392. The van der Waals surface area contributed by atoms with Gasteiger partial charge in [0.2, 0.25) is 0 Å². The van der Waals surface area contributed by atoms with Crippen LogP contribution in [-0.4, -0.2) is 60.2 Å². The molecule has 2 saturated heterocycles. The molecule has 1 aromatic carbocycles. The van der Waals surface area contributed by atoms with Gasteiger partial charge >= 0.3 is 0 Å². The van der Waals surface area contributed by atoms with E-state index in [9.17, 15) is 4.79 Å². The van der Waals surface area contributed by atoms with Crippen LogP contribution >= 0.6 is 0 Å². The fraction of sp³-hybridized carbons (Fsp3) is 0.476. The van der Waals surface area contributed by atoms with E-state index in [1.54, 1.807) is 6.33 Å². The van der Waals surface area contributed by atoms with Crippen LogP contribution in [0.4, 0.5) is 5.82 Å². The van der Waals surface area contributed by atoms with Crippen LogP contribution in [0.1, 0.15) is 21.6 Å². The highest BCUT2D eigenvalue weighted by molar-refractivity contribution is 5.98. The van der Waals surface area contributed by atoms with Crippen molar-refractivity contribution in [2.75, 3.05) is 44.3 Å². The van der Waals surface area contributed by atoms with Gasteiger partial charge in [0.25, 0.3) is 5.91 Å². The lowest BCUT2D eigenvalue weighted by molar-refractivity contribution is 0.0772. The number of rotatable bonds is 2. The monoisotopic (exact) mass is 380 g/mol. The van der Waals surface area contributed by atoms with Gasteiger partial charge in [0, 0.05) is 49.3 Å². The van der Waals surface area contributed by atoms with E-state index in [0.717, 1.165) is 43.3 Å². The van der Waals surface area contributed by atoms with E-state index in [2.05, 4.69) is 21.8 Å². The van der Waals surface area contributed by atoms with Crippen molar-refractivity contribution < 1.29 is 14.3 Å². The fourth-order valence-corrected chi connectivity index (χ4v) is 4.59. The van der Waals surface area contributed by atoms with Crippen LogP contribution < -0.4 is 14.4 Å². The molecule has 5 rings (SSSR count). The highest BCUT2D eigenvalue weighted by Crippen LogP contribution is 2.38. The molecule has 2 atom stereocenters. The van der Waals surface area contributed by atoms with E-state index < -0.39 is 0 Å². The average Bonchev–Trinajstić information content (AvgIpc) is 3.28. The smallest absolute Gasteiger partial charge is 0.257 e. The maximum atomic E-state index is 13.2. The Hall–Kier alpha value is -2.83. The van der Waals surface area contributed by atoms with Gasteiger partial charge in [-0.25, -0.2) is 9.97 Å². The van der Waals surface area contributed by atoms with E-state index in [1.165, 1.54) is 0 Å². The summed E-state index contributed by atoms with van der Waals surface area (Å²) < 4.78 is 11.4. The number of carbonyl (C=O) groups excluding carboxylic acids is 1. The number of aromatic nitrogens is 2. The summed E-state index contributed by atoms with van der Waals surface area (Å²) in [7, 11) is 0. The number of nitrogens with zero attached hydrogens (tertiary/aromatic N) is 4. The van der Waals surface area contributed by atoms with Gasteiger partial charge in [-0.1, -0.05) is 6.07 Å². The SMILES string of the molecule is Cc1ncnc(N2CC3CN(C(=O)c4cccc5c4OCCO5)CC3C2)c1C. The number of para-hydroxylation sites is 1. The molecule has 4 heterocycles. The summed E-state index contributed by atoms with van der Waals surface area (Å²) in [5.41, 5.74) is 2.77. The molecule has 1 amide bonds. The number of ether oxygens (including phenoxy) is 2. The molecule has 7 nitrogen and oxygen atoms in total. The Bertz CT molecular complexity index is 918. The summed E-state index contributed by atoms with van der Waals surface area (Å²) in [5, 5.41) is 0. The third kappa shape index (κ3) is 2.77. The van der Waals surface area contributed by atoms with E-state index >= 15 is 0 Å². The van der Waals surface area contributed by atoms with Crippen LogP contribution in [0.5, 0.6) is 11.5 Å². The molecule has 0 radical (unpaired) electrons. The maximum Gasteiger partial charge on any atom is 0.257 e. The van der Waals surface area contributed by atoms with E-state index in [4.69, 9.17) is 9.47 Å². The van der Waals surface area contributed by atoms with Crippen LogP contribution in [0.25, 0.3) is 0 Å². The molecule has 0 spiro atoms. The second kappa shape index (κ2) is 6.65. The Morgan fingerprint density at radius 3 is 2.57 bits per heavy atom. The molecule has 2 unspecified atom stereocenters. The maximum absolute atomic E-state index is 13.2. The summed E-state index contributed by atoms with van der Waals surface area (Å²) in [6.45, 7) is 8.50. The number of amides is 1. The highest BCUT2D eigenvalue weighted by Gasteiger charge is 2.43. The number of hydrogen-bond acceptors (Lipinski definition) is 6. The van der Waals surface area contributed by atoms with Crippen LogP contribution in [-0.2, 0) is 0 Å². The van der Waals surface area contributed by atoms with Gasteiger partial charge in [-0.15, -0.1) is 0 Å². The zero-order chi connectivity index (χ0) is 19.3. The Balaban J connectivity index is 1.31. The van der Waals surface area contributed by atoms with E-state index in [-0.39, 0.29) is 5.91 Å². The van der Waals surface area contributed by atoms with E-state index in [1.807, 2.05) is 30.0 Å². The zero-order valence-electron chi connectivity index (χ0n) is 16.2. The third-order valence-electron chi connectivity index (χ3n) is 6.18. The largest absolute Gasteiger partial charge is 0.486 e. The lowest BCUT2D eigenvalue weighted by atomic mass is 10.0. The number of anilines is 1. The standard InChI is InChI=1S/C21H24N4O3/c1-13-14(2)22-12-23-20(13)24-8-15-10-25(11-16(15)9-24)21(26)17-4-3-5-18-19(17)28-7-6-27-18/h3-5,12,15-16H,6-11H2,1-2H3. The Morgan fingerprint density at radius 2 is 1.79 bits per heavy atom. The van der Waals surface area contributed by atoms with Crippen molar-refractivity contribution in [1.29, 1.82) is 0 Å². The molecule has 7 heteroatoms. The number of carbonyl (C=O) groups is 1. The molecule has 0 N–H and O–H groups in total. The number of hydrogen-bond donors (Lipinski definition) is 0. The number of aryl methyl sites for hydroxylation is 1. The molecule has 146 valence electrons. The number of likely N-dealkylation sites (tertiary alicyclic amines) is 1. The minimum atomic E-state index is 0.0392. The first-order chi connectivity index (χ1) is 13.6. The van der Waals surface area contributed by atoms with Crippen molar-refractivity contribution in [2.24, 2.45) is 11.8 Å².